The van der Waals surface area contributed by atoms with Gasteiger partial charge < -0.3 is 5.11 Å². The maximum Gasteiger partial charge on any atom is 0.0599 e. The molecule has 0 aliphatic heterocycles. The van der Waals surface area contributed by atoms with E-state index < -0.39 is 0 Å². The van der Waals surface area contributed by atoms with Gasteiger partial charge in [-0.3, -0.25) is 0 Å². The zero-order valence-corrected chi connectivity index (χ0v) is 21.9. The summed E-state index contributed by atoms with van der Waals surface area (Å²) in [7, 11) is 0. The molecule has 0 bridgehead atoms. The minimum Gasteiger partial charge on any atom is -0.393 e. The number of hydrogen-bond acceptors (Lipinski definition) is 1. The molecular formula is C30H50O. The molecule has 0 aromatic heterocycles. The molecule has 4 saturated carbocycles. The molecule has 5 rings (SSSR count). The largest absolute Gasteiger partial charge is 0.393 e. The standard InChI is InChI=1S/C30H50O/c1-25(2)15-16-27(5)17-18-28(6)20(21(27)19-25)9-10-23-29(28,7)14-11-22-26(3,4)13-12-24(31)30(22,23)8/h9,21-24,31H,10-19H2,1-8H3/t21-,22-,23-,24?,27+,28+,29+,30-/m0/s1. The summed E-state index contributed by atoms with van der Waals surface area (Å²) >= 11 is 0. The third kappa shape index (κ3) is 2.77. The fourth-order valence-corrected chi connectivity index (χ4v) is 10.5. The third-order valence-electron chi connectivity index (χ3n) is 13.0. The molecule has 5 aliphatic rings. The Morgan fingerprint density at radius 1 is 0.774 bits per heavy atom. The molecule has 0 heterocycles. The topological polar surface area (TPSA) is 20.2 Å². The average Bonchev–Trinajstić information content (AvgIpc) is 2.67. The van der Waals surface area contributed by atoms with Crippen molar-refractivity contribution in [1.82, 2.24) is 0 Å². The number of aliphatic hydroxyl groups is 1. The minimum atomic E-state index is -0.129. The van der Waals surface area contributed by atoms with Gasteiger partial charge in [0.2, 0.25) is 0 Å². The first kappa shape index (κ1) is 22.5. The van der Waals surface area contributed by atoms with Gasteiger partial charge in [-0.05, 0) is 109 Å². The van der Waals surface area contributed by atoms with Crippen molar-refractivity contribution in [2.45, 2.75) is 126 Å². The summed E-state index contributed by atoms with van der Waals surface area (Å²) < 4.78 is 0. The highest BCUT2D eigenvalue weighted by Crippen LogP contribution is 2.75. The van der Waals surface area contributed by atoms with Gasteiger partial charge >= 0.3 is 0 Å². The molecule has 0 amide bonds. The monoisotopic (exact) mass is 426 g/mol. The second-order valence-electron chi connectivity index (χ2n) is 15.3. The van der Waals surface area contributed by atoms with Crippen molar-refractivity contribution in [3.05, 3.63) is 11.6 Å². The Morgan fingerprint density at radius 2 is 1.45 bits per heavy atom. The van der Waals surface area contributed by atoms with Crippen LogP contribution in [0.4, 0.5) is 0 Å². The molecule has 1 nitrogen and oxygen atoms in total. The minimum absolute atomic E-state index is 0.0619. The van der Waals surface area contributed by atoms with E-state index in [1.165, 1.54) is 57.8 Å². The fraction of sp³-hybridized carbons (Fsp3) is 0.933. The first-order valence-electron chi connectivity index (χ1n) is 13.6. The molecule has 0 spiro atoms. The quantitative estimate of drug-likeness (QED) is 0.387. The maximum absolute atomic E-state index is 11.5. The molecule has 1 unspecified atom stereocenters. The summed E-state index contributed by atoms with van der Waals surface area (Å²) in [5.41, 5.74) is 3.89. The highest BCUT2D eigenvalue weighted by Gasteiger charge is 2.68. The fourth-order valence-electron chi connectivity index (χ4n) is 10.5. The van der Waals surface area contributed by atoms with E-state index in [0.717, 1.165) is 12.3 Å². The maximum atomic E-state index is 11.5. The Morgan fingerprint density at radius 3 is 2.16 bits per heavy atom. The first-order valence-corrected chi connectivity index (χ1v) is 13.6. The number of fused-ring (bicyclic) bond motifs is 7. The van der Waals surface area contributed by atoms with Gasteiger partial charge in [0.1, 0.15) is 0 Å². The molecule has 0 saturated heterocycles. The van der Waals surface area contributed by atoms with Crippen molar-refractivity contribution in [2.75, 3.05) is 0 Å². The van der Waals surface area contributed by atoms with E-state index in [1.54, 1.807) is 0 Å². The summed E-state index contributed by atoms with van der Waals surface area (Å²) in [5, 5.41) is 11.5. The molecule has 8 atom stereocenters. The molecular weight excluding hydrogens is 376 g/mol. The Balaban J connectivity index is 1.60. The number of hydrogen-bond donors (Lipinski definition) is 1. The highest BCUT2D eigenvalue weighted by atomic mass is 16.3. The van der Waals surface area contributed by atoms with Crippen molar-refractivity contribution in [1.29, 1.82) is 0 Å². The van der Waals surface area contributed by atoms with Crippen molar-refractivity contribution >= 4 is 0 Å². The van der Waals surface area contributed by atoms with E-state index in [4.69, 9.17) is 0 Å². The number of allylic oxidation sites excluding steroid dienone is 2. The lowest BCUT2D eigenvalue weighted by Gasteiger charge is -2.71. The Kier molecular flexibility index (Phi) is 4.66. The smallest absolute Gasteiger partial charge is 0.0599 e. The van der Waals surface area contributed by atoms with E-state index in [2.05, 4.69) is 61.5 Å². The van der Waals surface area contributed by atoms with Crippen LogP contribution in [0.1, 0.15) is 120 Å². The normalized spacial score (nSPS) is 55.2. The van der Waals surface area contributed by atoms with Gasteiger partial charge in [0, 0.05) is 5.41 Å². The lowest BCUT2D eigenvalue weighted by molar-refractivity contribution is -0.219. The predicted molar refractivity (Wildman–Crippen MR) is 131 cm³/mol. The van der Waals surface area contributed by atoms with Gasteiger partial charge in [0.25, 0.3) is 0 Å². The van der Waals surface area contributed by atoms with Gasteiger partial charge in [0.05, 0.1) is 6.10 Å². The van der Waals surface area contributed by atoms with Crippen LogP contribution >= 0.6 is 0 Å². The van der Waals surface area contributed by atoms with Crippen molar-refractivity contribution in [3.8, 4) is 0 Å². The molecule has 176 valence electrons. The number of aliphatic hydroxyl groups excluding tert-OH is 1. The summed E-state index contributed by atoms with van der Waals surface area (Å²) in [4.78, 5) is 0. The van der Waals surface area contributed by atoms with Crippen molar-refractivity contribution < 1.29 is 5.11 Å². The van der Waals surface area contributed by atoms with Gasteiger partial charge in [-0.15, -0.1) is 0 Å². The molecule has 0 aromatic rings. The lowest BCUT2D eigenvalue weighted by Crippen LogP contribution is -2.66. The van der Waals surface area contributed by atoms with Crippen LogP contribution < -0.4 is 0 Å². The van der Waals surface area contributed by atoms with Crippen LogP contribution in [0, 0.1) is 50.2 Å². The van der Waals surface area contributed by atoms with Crippen LogP contribution in [-0.4, -0.2) is 11.2 Å². The van der Waals surface area contributed by atoms with Crippen LogP contribution in [0.15, 0.2) is 11.6 Å². The van der Waals surface area contributed by atoms with E-state index in [1.807, 2.05) is 5.57 Å². The lowest BCUT2D eigenvalue weighted by atomic mass is 9.33. The molecule has 0 aromatic carbocycles. The second-order valence-corrected chi connectivity index (χ2v) is 15.3. The molecule has 1 N–H and O–H groups in total. The SMILES string of the molecule is CC1(C)CC[C@]2(C)CC[C@]3(C)C(=CC[C@@H]4[C@@]5(C)C(O)CCC(C)(C)[C@@H]5CC[C@]43C)[C@@H]2C1. The predicted octanol–water partition coefficient (Wildman–Crippen LogP) is 8.17. The van der Waals surface area contributed by atoms with Crippen LogP contribution in [-0.2, 0) is 0 Å². The Hall–Kier alpha value is -0.300. The van der Waals surface area contributed by atoms with Crippen LogP contribution in [0.5, 0.6) is 0 Å². The molecule has 31 heavy (non-hydrogen) atoms. The van der Waals surface area contributed by atoms with Gasteiger partial charge in [-0.2, -0.15) is 0 Å². The van der Waals surface area contributed by atoms with Crippen LogP contribution in [0.3, 0.4) is 0 Å². The van der Waals surface area contributed by atoms with Crippen molar-refractivity contribution in [3.63, 3.8) is 0 Å². The van der Waals surface area contributed by atoms with E-state index in [0.29, 0.717) is 38.9 Å². The summed E-state index contributed by atoms with van der Waals surface area (Å²) in [6.45, 7) is 20.5. The first-order chi connectivity index (χ1) is 14.2. The molecule has 4 fully saturated rings. The van der Waals surface area contributed by atoms with Gasteiger partial charge in [-0.25, -0.2) is 0 Å². The second kappa shape index (κ2) is 6.43. The van der Waals surface area contributed by atoms with Crippen LogP contribution in [0.25, 0.3) is 0 Å². The average molecular weight is 427 g/mol. The van der Waals surface area contributed by atoms with Gasteiger partial charge in [0.15, 0.2) is 0 Å². The molecule has 1 heteroatoms. The highest BCUT2D eigenvalue weighted by molar-refractivity contribution is 5.33. The zero-order chi connectivity index (χ0) is 22.7. The summed E-state index contributed by atoms with van der Waals surface area (Å²) in [6.07, 6.45) is 15.6. The summed E-state index contributed by atoms with van der Waals surface area (Å²) in [6, 6.07) is 0. The van der Waals surface area contributed by atoms with E-state index >= 15 is 0 Å². The van der Waals surface area contributed by atoms with E-state index in [9.17, 15) is 5.11 Å². The Bertz CT molecular complexity index is 790. The van der Waals surface area contributed by atoms with E-state index in [-0.39, 0.29) is 11.5 Å². The molecule has 0 radical (unpaired) electrons. The third-order valence-corrected chi connectivity index (χ3v) is 13.0. The molecule has 5 aliphatic carbocycles. The van der Waals surface area contributed by atoms with Crippen LogP contribution in [0.2, 0.25) is 0 Å². The number of rotatable bonds is 0. The van der Waals surface area contributed by atoms with Gasteiger partial charge in [-0.1, -0.05) is 67.0 Å². The Labute approximate surface area is 192 Å². The summed E-state index contributed by atoms with van der Waals surface area (Å²) in [5.74, 6) is 2.04. The van der Waals surface area contributed by atoms with Crippen molar-refractivity contribution in [2.24, 2.45) is 50.2 Å². The zero-order valence-electron chi connectivity index (χ0n) is 21.9.